The van der Waals surface area contributed by atoms with Gasteiger partial charge < -0.3 is 15.7 Å². The Labute approximate surface area is 134 Å². The highest BCUT2D eigenvalue weighted by Crippen LogP contribution is 2.14. The van der Waals surface area contributed by atoms with Crippen molar-refractivity contribution in [1.82, 2.24) is 10.2 Å². The maximum absolute atomic E-state index is 13.0. The zero-order valence-corrected chi connectivity index (χ0v) is 12.9. The molecule has 2 amide bonds. The average Bonchev–Trinajstić information content (AvgIpc) is 2.51. The Morgan fingerprint density at radius 3 is 2.48 bits per heavy atom. The van der Waals surface area contributed by atoms with Crippen LogP contribution in [-0.4, -0.2) is 54.4 Å². The first kappa shape index (κ1) is 17.2. The molecule has 1 fully saturated rings. The Morgan fingerprint density at radius 1 is 1.22 bits per heavy atom. The van der Waals surface area contributed by atoms with Crippen molar-refractivity contribution in [3.63, 3.8) is 0 Å². The maximum atomic E-state index is 13.0. The van der Waals surface area contributed by atoms with E-state index in [9.17, 15) is 14.0 Å². The fraction of sp³-hybridized carbons (Fsp3) is 0.500. The van der Waals surface area contributed by atoms with Crippen molar-refractivity contribution >= 4 is 17.7 Å². The van der Waals surface area contributed by atoms with Crippen LogP contribution in [0.4, 0.5) is 14.9 Å². The summed E-state index contributed by atoms with van der Waals surface area (Å²) in [5.74, 6) is -0.109. The molecule has 0 saturated carbocycles. The molecule has 1 aliphatic rings. The zero-order valence-electron chi connectivity index (χ0n) is 12.9. The first-order valence-electron chi connectivity index (χ1n) is 7.75. The number of hydrogen-bond donors (Lipinski definition) is 3. The Balaban J connectivity index is 1.74. The summed E-state index contributed by atoms with van der Waals surface area (Å²) in [6, 6.07) is 7.30. The van der Waals surface area contributed by atoms with Crippen molar-refractivity contribution in [1.29, 1.82) is 0 Å². The van der Waals surface area contributed by atoms with Crippen molar-refractivity contribution in [3.05, 3.63) is 29.8 Å². The first-order chi connectivity index (χ1) is 11.0. The van der Waals surface area contributed by atoms with Gasteiger partial charge in [-0.2, -0.15) is 0 Å². The number of anilines is 1. The van der Waals surface area contributed by atoms with E-state index < -0.39 is 12.3 Å². The van der Waals surface area contributed by atoms with Crippen LogP contribution in [0.1, 0.15) is 18.4 Å². The largest absolute Gasteiger partial charge is 0.465 e. The maximum Gasteiger partial charge on any atom is 0.404 e. The van der Waals surface area contributed by atoms with Crippen LogP contribution in [0.15, 0.2) is 24.3 Å². The Bertz CT molecular complexity index is 528. The molecule has 0 unspecified atom stereocenters. The van der Waals surface area contributed by atoms with Gasteiger partial charge in [0.1, 0.15) is 6.17 Å². The molecule has 6 nitrogen and oxygen atoms in total. The van der Waals surface area contributed by atoms with Crippen molar-refractivity contribution < 1.29 is 19.1 Å². The van der Waals surface area contributed by atoms with Crippen LogP contribution >= 0.6 is 0 Å². The molecule has 2 rings (SSSR count). The van der Waals surface area contributed by atoms with Crippen molar-refractivity contribution in [2.75, 3.05) is 31.5 Å². The number of carbonyl (C=O) groups excluding carboxylic acids is 1. The molecule has 1 saturated heterocycles. The van der Waals surface area contributed by atoms with Gasteiger partial charge in [-0.15, -0.1) is 0 Å². The molecule has 1 heterocycles. The van der Waals surface area contributed by atoms with Crippen molar-refractivity contribution in [2.45, 2.75) is 25.4 Å². The number of carboxylic acid groups (broad SMARTS) is 1. The predicted octanol–water partition coefficient (Wildman–Crippen LogP) is 1.87. The predicted molar refractivity (Wildman–Crippen MR) is 85.4 cm³/mol. The van der Waals surface area contributed by atoms with E-state index in [2.05, 4.69) is 10.6 Å². The molecule has 0 bridgehead atoms. The van der Waals surface area contributed by atoms with Gasteiger partial charge in [0.2, 0.25) is 5.91 Å². The second-order valence-electron chi connectivity index (χ2n) is 5.68. The summed E-state index contributed by atoms with van der Waals surface area (Å²) in [5.41, 5.74) is 1.69. The third-order valence-electron chi connectivity index (χ3n) is 3.81. The quantitative estimate of drug-likeness (QED) is 0.746. The fourth-order valence-electron chi connectivity index (χ4n) is 2.53. The number of rotatable bonds is 6. The molecule has 0 spiro atoms. The molecule has 0 radical (unpaired) electrons. The average molecular weight is 323 g/mol. The third-order valence-corrected chi connectivity index (χ3v) is 3.81. The number of amides is 2. The van der Waals surface area contributed by atoms with Crippen LogP contribution in [0.5, 0.6) is 0 Å². The highest BCUT2D eigenvalue weighted by atomic mass is 19.1. The summed E-state index contributed by atoms with van der Waals surface area (Å²) in [6.45, 7) is 1.86. The van der Waals surface area contributed by atoms with E-state index >= 15 is 0 Å². The lowest BCUT2D eigenvalue weighted by molar-refractivity contribution is -0.117. The molecule has 1 aromatic carbocycles. The second-order valence-corrected chi connectivity index (χ2v) is 5.68. The minimum absolute atomic E-state index is 0.109. The highest BCUT2D eigenvalue weighted by Gasteiger charge is 2.20. The van der Waals surface area contributed by atoms with E-state index in [1.165, 1.54) is 0 Å². The number of piperidine rings is 1. The summed E-state index contributed by atoms with van der Waals surface area (Å²) < 4.78 is 13.0. The summed E-state index contributed by atoms with van der Waals surface area (Å²) in [6.07, 6.45) is -0.194. The van der Waals surface area contributed by atoms with Gasteiger partial charge >= 0.3 is 6.09 Å². The standard InChI is InChI=1S/C16H22FN3O3/c17-13-6-9-20(10-7-13)11-15(21)19-14-3-1-12(2-4-14)5-8-18-16(22)23/h1-4,13,18H,5-11H2,(H,19,21)(H,22,23). The highest BCUT2D eigenvalue weighted by molar-refractivity contribution is 5.92. The van der Waals surface area contributed by atoms with Gasteiger partial charge in [0.05, 0.1) is 6.54 Å². The first-order valence-corrected chi connectivity index (χ1v) is 7.75. The van der Waals surface area contributed by atoms with E-state index in [0.717, 1.165) is 5.56 Å². The van der Waals surface area contributed by atoms with Crippen LogP contribution in [0.2, 0.25) is 0 Å². The summed E-state index contributed by atoms with van der Waals surface area (Å²) in [4.78, 5) is 24.3. The summed E-state index contributed by atoms with van der Waals surface area (Å²) in [7, 11) is 0. The number of nitrogens with zero attached hydrogens (tertiary/aromatic N) is 1. The number of likely N-dealkylation sites (tertiary alicyclic amines) is 1. The van der Waals surface area contributed by atoms with Gasteiger partial charge in [0, 0.05) is 25.3 Å². The number of alkyl halides is 1. The minimum atomic E-state index is -1.04. The van der Waals surface area contributed by atoms with E-state index in [1.54, 1.807) is 12.1 Å². The Morgan fingerprint density at radius 2 is 1.87 bits per heavy atom. The van der Waals surface area contributed by atoms with Crippen LogP contribution in [0.3, 0.4) is 0 Å². The van der Waals surface area contributed by atoms with Gasteiger partial charge in [-0.3, -0.25) is 9.69 Å². The third kappa shape index (κ3) is 6.23. The Hall–Kier alpha value is -2.15. The number of hydrogen-bond acceptors (Lipinski definition) is 3. The monoisotopic (exact) mass is 323 g/mol. The molecule has 1 aromatic rings. The normalized spacial score (nSPS) is 16.0. The molecule has 126 valence electrons. The van der Waals surface area contributed by atoms with Gasteiger partial charge in [-0.1, -0.05) is 12.1 Å². The van der Waals surface area contributed by atoms with Crippen LogP contribution in [-0.2, 0) is 11.2 Å². The number of carbonyl (C=O) groups is 2. The molecule has 0 aliphatic carbocycles. The number of halogens is 1. The second kappa shape index (κ2) is 8.47. The smallest absolute Gasteiger partial charge is 0.404 e. The lowest BCUT2D eigenvalue weighted by Crippen LogP contribution is -2.39. The minimum Gasteiger partial charge on any atom is -0.465 e. The number of benzene rings is 1. The molecule has 3 N–H and O–H groups in total. The summed E-state index contributed by atoms with van der Waals surface area (Å²) in [5, 5.41) is 13.6. The fourth-order valence-corrected chi connectivity index (χ4v) is 2.53. The van der Waals surface area contributed by atoms with Gasteiger partial charge in [0.25, 0.3) is 0 Å². The van der Waals surface area contributed by atoms with E-state index in [-0.39, 0.29) is 12.5 Å². The molecular weight excluding hydrogens is 301 g/mol. The summed E-state index contributed by atoms with van der Waals surface area (Å²) >= 11 is 0. The SMILES string of the molecule is O=C(O)NCCc1ccc(NC(=O)CN2CCC(F)CC2)cc1. The molecule has 0 atom stereocenters. The topological polar surface area (TPSA) is 81.7 Å². The molecular formula is C16H22FN3O3. The molecule has 0 aromatic heterocycles. The lowest BCUT2D eigenvalue weighted by atomic mass is 10.1. The van der Waals surface area contributed by atoms with E-state index in [4.69, 9.17) is 5.11 Å². The Kier molecular flexibility index (Phi) is 6.34. The molecule has 1 aliphatic heterocycles. The van der Waals surface area contributed by atoms with Crippen LogP contribution in [0, 0.1) is 0 Å². The lowest BCUT2D eigenvalue weighted by Gasteiger charge is -2.27. The molecule has 23 heavy (non-hydrogen) atoms. The van der Waals surface area contributed by atoms with Crippen molar-refractivity contribution in [2.24, 2.45) is 0 Å². The zero-order chi connectivity index (χ0) is 16.7. The number of nitrogens with one attached hydrogen (secondary N) is 2. The van der Waals surface area contributed by atoms with Crippen molar-refractivity contribution in [3.8, 4) is 0 Å². The molecule has 7 heteroatoms. The van der Waals surface area contributed by atoms with Gasteiger partial charge in [-0.05, 0) is 37.0 Å². The van der Waals surface area contributed by atoms with E-state index in [0.29, 0.717) is 44.6 Å². The van der Waals surface area contributed by atoms with Crippen LogP contribution in [0.25, 0.3) is 0 Å². The van der Waals surface area contributed by atoms with Gasteiger partial charge in [0.15, 0.2) is 0 Å². The van der Waals surface area contributed by atoms with E-state index in [1.807, 2.05) is 17.0 Å². The van der Waals surface area contributed by atoms with Gasteiger partial charge in [-0.25, -0.2) is 9.18 Å². The van der Waals surface area contributed by atoms with Crippen LogP contribution < -0.4 is 10.6 Å².